The highest BCUT2D eigenvalue weighted by Crippen LogP contribution is 2.39. The van der Waals surface area contributed by atoms with Crippen LogP contribution in [0.25, 0.3) is 0 Å². The summed E-state index contributed by atoms with van der Waals surface area (Å²) in [4.78, 5) is 22.2. The third-order valence-corrected chi connectivity index (χ3v) is 2.66. The van der Waals surface area contributed by atoms with E-state index in [1.807, 2.05) is 0 Å². The molecule has 1 saturated heterocycles. The van der Waals surface area contributed by atoms with Gasteiger partial charge in [0.05, 0.1) is 18.4 Å². The zero-order chi connectivity index (χ0) is 12.3. The fourth-order valence-electron chi connectivity index (χ4n) is 1.73. The van der Waals surface area contributed by atoms with Gasteiger partial charge in [-0.15, -0.1) is 0 Å². The lowest BCUT2D eigenvalue weighted by atomic mass is 9.83. The second kappa shape index (κ2) is 4.65. The van der Waals surface area contributed by atoms with Crippen molar-refractivity contribution >= 4 is 11.9 Å². The standard InChI is InChI=1S/C11H16O5/c1-11(2)7(4-5-15-3)8(6-9(12)13)16-10(11)14/h4,8H,5-6H2,1-3H3,(H,12,13). The molecule has 0 aromatic carbocycles. The normalized spacial score (nSPS) is 25.8. The highest BCUT2D eigenvalue weighted by Gasteiger charge is 2.46. The molecule has 0 aromatic rings. The number of carboxylic acid groups (broad SMARTS) is 1. The molecule has 0 saturated carbocycles. The first-order valence-corrected chi connectivity index (χ1v) is 5.02. The van der Waals surface area contributed by atoms with Crippen LogP contribution in [0.5, 0.6) is 0 Å². The molecule has 0 bridgehead atoms. The van der Waals surface area contributed by atoms with Gasteiger partial charge < -0.3 is 14.6 Å². The molecule has 1 unspecified atom stereocenters. The van der Waals surface area contributed by atoms with E-state index in [-0.39, 0.29) is 12.4 Å². The van der Waals surface area contributed by atoms with E-state index in [0.717, 1.165) is 0 Å². The third kappa shape index (κ3) is 2.41. The van der Waals surface area contributed by atoms with Gasteiger partial charge in [0, 0.05) is 7.11 Å². The van der Waals surface area contributed by atoms with Crippen LogP contribution >= 0.6 is 0 Å². The molecule has 90 valence electrons. The molecule has 0 amide bonds. The summed E-state index contributed by atoms with van der Waals surface area (Å²) >= 11 is 0. The average Bonchev–Trinajstić information content (AvgIpc) is 2.35. The van der Waals surface area contributed by atoms with E-state index >= 15 is 0 Å². The first-order chi connectivity index (χ1) is 7.39. The van der Waals surface area contributed by atoms with Gasteiger partial charge in [-0.2, -0.15) is 0 Å². The number of rotatable bonds is 4. The van der Waals surface area contributed by atoms with Gasteiger partial charge >= 0.3 is 11.9 Å². The van der Waals surface area contributed by atoms with Gasteiger partial charge in [-0.1, -0.05) is 6.08 Å². The summed E-state index contributed by atoms with van der Waals surface area (Å²) in [5.74, 6) is -1.38. The Hall–Kier alpha value is -1.36. The maximum absolute atomic E-state index is 11.6. The van der Waals surface area contributed by atoms with Gasteiger partial charge in [0.2, 0.25) is 0 Å². The Morgan fingerprint density at radius 1 is 1.62 bits per heavy atom. The second-order valence-electron chi connectivity index (χ2n) is 4.23. The van der Waals surface area contributed by atoms with Gasteiger partial charge in [0.15, 0.2) is 0 Å². The van der Waals surface area contributed by atoms with Crippen LogP contribution in [0, 0.1) is 5.41 Å². The van der Waals surface area contributed by atoms with Crippen LogP contribution in [0.4, 0.5) is 0 Å². The Bertz CT molecular complexity index is 329. The van der Waals surface area contributed by atoms with Crippen LogP contribution in [-0.2, 0) is 19.1 Å². The number of carbonyl (C=O) groups excluding carboxylic acids is 1. The molecule has 1 heterocycles. The van der Waals surface area contributed by atoms with Crippen molar-refractivity contribution in [2.45, 2.75) is 26.4 Å². The Balaban J connectivity index is 2.93. The molecule has 0 spiro atoms. The largest absolute Gasteiger partial charge is 0.481 e. The van der Waals surface area contributed by atoms with Crippen molar-refractivity contribution in [3.63, 3.8) is 0 Å². The minimum atomic E-state index is -0.987. The fraction of sp³-hybridized carbons (Fsp3) is 0.636. The predicted molar refractivity (Wildman–Crippen MR) is 55.9 cm³/mol. The van der Waals surface area contributed by atoms with Crippen molar-refractivity contribution in [1.82, 2.24) is 0 Å². The highest BCUT2D eigenvalue weighted by atomic mass is 16.6. The number of carboxylic acids is 1. The van der Waals surface area contributed by atoms with Crippen molar-refractivity contribution in [3.8, 4) is 0 Å². The monoisotopic (exact) mass is 228 g/mol. The Morgan fingerprint density at radius 3 is 2.75 bits per heavy atom. The van der Waals surface area contributed by atoms with Crippen LogP contribution in [0.1, 0.15) is 20.3 Å². The molecular formula is C11H16O5. The molecule has 1 rings (SSSR count). The molecule has 1 fully saturated rings. The van der Waals surface area contributed by atoms with Crippen molar-refractivity contribution in [2.75, 3.05) is 13.7 Å². The quantitative estimate of drug-likeness (QED) is 0.573. The SMILES string of the molecule is COCC=C1C(CC(=O)O)OC(=O)C1(C)C. The molecule has 5 nitrogen and oxygen atoms in total. The summed E-state index contributed by atoms with van der Waals surface area (Å²) in [7, 11) is 1.54. The number of methoxy groups -OCH3 is 1. The number of ether oxygens (including phenoxy) is 2. The third-order valence-electron chi connectivity index (χ3n) is 2.66. The minimum Gasteiger partial charge on any atom is -0.481 e. The summed E-state index contributed by atoms with van der Waals surface area (Å²) in [5, 5.41) is 8.72. The first-order valence-electron chi connectivity index (χ1n) is 5.02. The van der Waals surface area contributed by atoms with Crippen molar-refractivity contribution < 1.29 is 24.2 Å². The summed E-state index contributed by atoms with van der Waals surface area (Å²) < 4.78 is 9.95. The number of carbonyl (C=O) groups is 2. The molecule has 16 heavy (non-hydrogen) atoms. The fourth-order valence-corrected chi connectivity index (χ4v) is 1.73. The van der Waals surface area contributed by atoms with Gasteiger partial charge in [0.25, 0.3) is 0 Å². The lowest BCUT2D eigenvalue weighted by molar-refractivity contribution is -0.149. The van der Waals surface area contributed by atoms with E-state index in [0.29, 0.717) is 12.2 Å². The lowest BCUT2D eigenvalue weighted by Crippen LogP contribution is -2.21. The van der Waals surface area contributed by atoms with E-state index in [1.54, 1.807) is 19.9 Å². The molecule has 1 atom stereocenters. The van der Waals surface area contributed by atoms with E-state index < -0.39 is 17.5 Å². The number of hydrogen-bond donors (Lipinski definition) is 1. The average molecular weight is 228 g/mol. The van der Waals surface area contributed by atoms with Crippen LogP contribution in [0.3, 0.4) is 0 Å². The topological polar surface area (TPSA) is 72.8 Å². The lowest BCUT2D eigenvalue weighted by Gasteiger charge is -2.16. The van der Waals surface area contributed by atoms with Crippen LogP contribution in [0.2, 0.25) is 0 Å². The van der Waals surface area contributed by atoms with Gasteiger partial charge in [-0.3, -0.25) is 9.59 Å². The number of aliphatic carboxylic acids is 1. The van der Waals surface area contributed by atoms with Gasteiger partial charge in [0.1, 0.15) is 6.10 Å². The first kappa shape index (κ1) is 12.7. The molecule has 0 aliphatic carbocycles. The number of esters is 1. The Kier molecular flexibility index (Phi) is 3.70. The Labute approximate surface area is 94.0 Å². The molecule has 5 heteroatoms. The van der Waals surface area contributed by atoms with Crippen molar-refractivity contribution in [1.29, 1.82) is 0 Å². The van der Waals surface area contributed by atoms with Crippen LogP contribution in [-0.4, -0.2) is 36.9 Å². The van der Waals surface area contributed by atoms with E-state index in [9.17, 15) is 9.59 Å². The molecule has 0 aromatic heterocycles. The minimum absolute atomic E-state index is 0.204. The molecule has 0 radical (unpaired) electrons. The number of hydrogen-bond acceptors (Lipinski definition) is 4. The zero-order valence-corrected chi connectivity index (χ0v) is 9.65. The summed E-state index contributed by atoms with van der Waals surface area (Å²) in [6.45, 7) is 3.78. The van der Waals surface area contributed by atoms with E-state index in [1.165, 1.54) is 7.11 Å². The van der Waals surface area contributed by atoms with E-state index in [4.69, 9.17) is 14.6 Å². The number of cyclic esters (lactones) is 1. The molecule has 1 aliphatic heterocycles. The molecule has 1 N–H and O–H groups in total. The van der Waals surface area contributed by atoms with Crippen LogP contribution < -0.4 is 0 Å². The van der Waals surface area contributed by atoms with Crippen LogP contribution in [0.15, 0.2) is 11.6 Å². The van der Waals surface area contributed by atoms with E-state index in [2.05, 4.69) is 0 Å². The zero-order valence-electron chi connectivity index (χ0n) is 9.65. The maximum Gasteiger partial charge on any atom is 0.316 e. The summed E-state index contributed by atoms with van der Waals surface area (Å²) in [6, 6.07) is 0. The van der Waals surface area contributed by atoms with Gasteiger partial charge in [-0.05, 0) is 19.4 Å². The Morgan fingerprint density at radius 2 is 2.25 bits per heavy atom. The highest BCUT2D eigenvalue weighted by molar-refractivity contribution is 5.84. The maximum atomic E-state index is 11.6. The smallest absolute Gasteiger partial charge is 0.316 e. The van der Waals surface area contributed by atoms with Crippen molar-refractivity contribution in [2.24, 2.45) is 5.41 Å². The predicted octanol–water partition coefficient (Wildman–Crippen LogP) is 0.985. The molecular weight excluding hydrogens is 212 g/mol. The summed E-state index contributed by atoms with van der Waals surface area (Å²) in [5.41, 5.74) is -0.0831. The molecule has 1 aliphatic rings. The van der Waals surface area contributed by atoms with Gasteiger partial charge in [-0.25, -0.2) is 0 Å². The summed E-state index contributed by atoms with van der Waals surface area (Å²) in [6.07, 6.45) is 0.846. The second-order valence-corrected chi connectivity index (χ2v) is 4.23. The van der Waals surface area contributed by atoms with Crippen molar-refractivity contribution in [3.05, 3.63) is 11.6 Å².